The highest BCUT2D eigenvalue weighted by atomic mass is 35.5. The fourth-order valence-electron chi connectivity index (χ4n) is 2.65. The number of benzene rings is 2. The highest BCUT2D eigenvalue weighted by Crippen LogP contribution is 2.23. The van der Waals surface area contributed by atoms with Crippen LogP contribution in [0, 0.1) is 0 Å². The summed E-state index contributed by atoms with van der Waals surface area (Å²) in [6, 6.07) is 17.3. The van der Waals surface area contributed by atoms with E-state index in [1.807, 2.05) is 54.6 Å². The minimum atomic E-state index is -0.289. The number of thiazole rings is 1. The van der Waals surface area contributed by atoms with E-state index in [0.29, 0.717) is 28.0 Å². The van der Waals surface area contributed by atoms with Gasteiger partial charge >= 0.3 is 0 Å². The van der Waals surface area contributed by atoms with Crippen LogP contribution in [0.1, 0.15) is 20.8 Å². The molecule has 0 fully saturated rings. The number of carbonyl (C=O) groups is 1. The number of halogens is 1. The molecule has 0 radical (unpaired) electrons. The van der Waals surface area contributed by atoms with Gasteiger partial charge in [-0.2, -0.15) is 0 Å². The van der Waals surface area contributed by atoms with Crippen LogP contribution in [-0.4, -0.2) is 20.9 Å². The van der Waals surface area contributed by atoms with Gasteiger partial charge in [0.1, 0.15) is 0 Å². The van der Waals surface area contributed by atoms with Crippen LogP contribution in [0.2, 0.25) is 5.02 Å². The van der Waals surface area contributed by atoms with E-state index in [4.69, 9.17) is 11.6 Å². The van der Waals surface area contributed by atoms with E-state index >= 15 is 0 Å². The van der Waals surface area contributed by atoms with Gasteiger partial charge in [0.2, 0.25) is 0 Å². The maximum absolute atomic E-state index is 12.4. The number of nitrogens with one attached hydrogen (secondary N) is 1. The maximum Gasteiger partial charge on any atom is 0.260 e. The molecule has 0 aliphatic rings. The first-order valence-corrected chi connectivity index (χ1v) is 9.75. The molecule has 7 heteroatoms. The Morgan fingerprint density at radius 3 is 2.50 bits per heavy atom. The summed E-state index contributed by atoms with van der Waals surface area (Å²) in [7, 11) is 0. The number of hydrogen-bond donors (Lipinski definition) is 1. The minimum absolute atomic E-state index is 0.289. The fraction of sp³-hybridized carbons (Fsp3) is 0.0476. The molecule has 0 aliphatic carbocycles. The standard InChI is InChI=1S/C21H15ClN4OS/c22-17-8-4-5-14(9-17)10-18-13-25-21(28-18)26-20(27)16-11-23-19(24-12-16)15-6-2-1-3-7-15/h1-9,11-13H,10H2,(H,25,26,27). The lowest BCUT2D eigenvalue weighted by atomic mass is 10.1. The average Bonchev–Trinajstić information content (AvgIpc) is 3.15. The summed E-state index contributed by atoms with van der Waals surface area (Å²) in [5.74, 6) is 0.290. The van der Waals surface area contributed by atoms with Gasteiger partial charge in [0, 0.05) is 40.5 Å². The van der Waals surface area contributed by atoms with Crippen molar-refractivity contribution in [2.24, 2.45) is 0 Å². The first kappa shape index (κ1) is 18.3. The van der Waals surface area contributed by atoms with E-state index < -0.39 is 0 Å². The molecule has 28 heavy (non-hydrogen) atoms. The number of carbonyl (C=O) groups excluding carboxylic acids is 1. The van der Waals surface area contributed by atoms with Gasteiger partial charge in [-0.15, -0.1) is 11.3 Å². The third-order valence-electron chi connectivity index (χ3n) is 3.99. The summed E-state index contributed by atoms with van der Waals surface area (Å²) < 4.78 is 0. The molecule has 0 unspecified atom stereocenters. The maximum atomic E-state index is 12.4. The summed E-state index contributed by atoms with van der Waals surface area (Å²) in [6.45, 7) is 0. The van der Waals surface area contributed by atoms with E-state index in [9.17, 15) is 4.79 Å². The van der Waals surface area contributed by atoms with Gasteiger partial charge in [0.05, 0.1) is 5.56 Å². The van der Waals surface area contributed by atoms with Crippen molar-refractivity contribution in [3.8, 4) is 11.4 Å². The Balaban J connectivity index is 1.42. The average molecular weight is 407 g/mol. The molecule has 5 nitrogen and oxygen atoms in total. The van der Waals surface area contributed by atoms with Crippen LogP contribution in [0.5, 0.6) is 0 Å². The summed E-state index contributed by atoms with van der Waals surface area (Å²) >= 11 is 7.45. The van der Waals surface area contributed by atoms with Crippen molar-refractivity contribution in [3.63, 3.8) is 0 Å². The molecule has 1 amide bonds. The molecule has 0 bridgehead atoms. The number of rotatable bonds is 5. The predicted octanol–water partition coefficient (Wildman–Crippen LogP) is 5.10. The van der Waals surface area contributed by atoms with Gasteiger partial charge in [-0.25, -0.2) is 15.0 Å². The monoisotopic (exact) mass is 406 g/mol. The lowest BCUT2D eigenvalue weighted by molar-refractivity contribution is 0.102. The van der Waals surface area contributed by atoms with Gasteiger partial charge in [0.25, 0.3) is 5.91 Å². The highest BCUT2D eigenvalue weighted by Gasteiger charge is 2.11. The lowest BCUT2D eigenvalue weighted by Gasteiger charge is -2.03. The van der Waals surface area contributed by atoms with Crippen molar-refractivity contribution < 1.29 is 4.79 Å². The number of aromatic nitrogens is 3. The number of nitrogens with zero attached hydrogens (tertiary/aromatic N) is 3. The molecule has 0 atom stereocenters. The molecule has 0 spiro atoms. The number of amides is 1. The van der Waals surface area contributed by atoms with Crippen molar-refractivity contribution in [2.45, 2.75) is 6.42 Å². The summed E-state index contributed by atoms with van der Waals surface area (Å²) in [4.78, 5) is 26.3. The number of anilines is 1. The van der Waals surface area contributed by atoms with Crippen LogP contribution >= 0.6 is 22.9 Å². The summed E-state index contributed by atoms with van der Waals surface area (Å²) in [5, 5.41) is 4.04. The largest absolute Gasteiger partial charge is 0.298 e. The Bertz CT molecular complexity index is 1100. The Labute approximate surface area is 171 Å². The summed E-state index contributed by atoms with van der Waals surface area (Å²) in [6.07, 6.45) is 5.51. The highest BCUT2D eigenvalue weighted by molar-refractivity contribution is 7.15. The first-order valence-electron chi connectivity index (χ1n) is 8.55. The Morgan fingerprint density at radius 1 is 0.964 bits per heavy atom. The molecule has 138 valence electrons. The molecule has 0 aliphatic heterocycles. The van der Waals surface area contributed by atoms with Crippen LogP contribution in [0.3, 0.4) is 0 Å². The second kappa shape index (κ2) is 8.29. The van der Waals surface area contributed by atoms with Crippen LogP contribution in [-0.2, 0) is 6.42 Å². The van der Waals surface area contributed by atoms with Gasteiger partial charge in [-0.3, -0.25) is 10.1 Å². The molecule has 0 saturated carbocycles. The van der Waals surface area contributed by atoms with Gasteiger partial charge in [-0.1, -0.05) is 54.1 Å². The molecular weight excluding hydrogens is 392 g/mol. The van der Waals surface area contributed by atoms with Crippen molar-refractivity contribution in [2.75, 3.05) is 5.32 Å². The van der Waals surface area contributed by atoms with E-state index in [-0.39, 0.29) is 5.91 Å². The van der Waals surface area contributed by atoms with Crippen molar-refractivity contribution in [1.29, 1.82) is 0 Å². The molecule has 4 rings (SSSR count). The smallest absolute Gasteiger partial charge is 0.260 e. The van der Waals surface area contributed by atoms with Gasteiger partial charge in [0.15, 0.2) is 11.0 Å². The molecule has 0 saturated heterocycles. The molecular formula is C21H15ClN4OS. The minimum Gasteiger partial charge on any atom is -0.298 e. The summed E-state index contributed by atoms with van der Waals surface area (Å²) in [5.41, 5.74) is 2.38. The Hall–Kier alpha value is -3.09. The second-order valence-corrected chi connectivity index (χ2v) is 7.61. The Kier molecular flexibility index (Phi) is 5.41. The van der Waals surface area contributed by atoms with Gasteiger partial charge < -0.3 is 0 Å². The zero-order valence-corrected chi connectivity index (χ0v) is 16.2. The van der Waals surface area contributed by atoms with E-state index in [1.54, 1.807) is 6.20 Å². The topological polar surface area (TPSA) is 67.8 Å². The SMILES string of the molecule is O=C(Nc1ncc(Cc2cccc(Cl)c2)s1)c1cnc(-c2ccccc2)nc1. The quantitative estimate of drug-likeness (QED) is 0.500. The molecule has 2 aromatic carbocycles. The first-order chi connectivity index (χ1) is 13.7. The third kappa shape index (κ3) is 4.42. The second-order valence-electron chi connectivity index (χ2n) is 6.05. The van der Waals surface area contributed by atoms with Crippen molar-refractivity contribution >= 4 is 34.0 Å². The normalized spacial score (nSPS) is 10.6. The molecule has 4 aromatic rings. The molecule has 1 N–H and O–H groups in total. The predicted molar refractivity (Wildman–Crippen MR) is 112 cm³/mol. The van der Waals surface area contributed by atoms with Gasteiger partial charge in [-0.05, 0) is 17.7 Å². The molecule has 2 aromatic heterocycles. The lowest BCUT2D eigenvalue weighted by Crippen LogP contribution is -2.12. The van der Waals surface area contributed by atoms with E-state index in [1.165, 1.54) is 23.7 Å². The van der Waals surface area contributed by atoms with Crippen LogP contribution in [0.4, 0.5) is 5.13 Å². The fourth-order valence-corrected chi connectivity index (χ4v) is 3.70. The number of hydrogen-bond acceptors (Lipinski definition) is 5. The van der Waals surface area contributed by atoms with Crippen molar-refractivity contribution in [3.05, 3.63) is 94.2 Å². The van der Waals surface area contributed by atoms with Crippen LogP contribution in [0.25, 0.3) is 11.4 Å². The Morgan fingerprint density at radius 2 is 1.75 bits per heavy atom. The van der Waals surface area contributed by atoms with E-state index in [0.717, 1.165) is 16.0 Å². The zero-order chi connectivity index (χ0) is 19.3. The molecule has 2 heterocycles. The van der Waals surface area contributed by atoms with E-state index in [2.05, 4.69) is 20.3 Å². The van der Waals surface area contributed by atoms with Crippen LogP contribution < -0.4 is 5.32 Å². The zero-order valence-electron chi connectivity index (χ0n) is 14.7. The van der Waals surface area contributed by atoms with Crippen LogP contribution in [0.15, 0.2) is 73.2 Å². The third-order valence-corrected chi connectivity index (χ3v) is 5.14. The van der Waals surface area contributed by atoms with Crippen molar-refractivity contribution in [1.82, 2.24) is 15.0 Å².